The highest BCUT2D eigenvalue weighted by molar-refractivity contribution is 7.17. The molecule has 4 nitrogen and oxygen atoms in total. The monoisotopic (exact) mass is 205 g/mol. The fraction of sp³-hybridized carbons (Fsp3) is 0.750. The van der Waals surface area contributed by atoms with Gasteiger partial charge in [-0.1, -0.05) is 26.3 Å². The van der Waals surface area contributed by atoms with Crippen LogP contribution in [0.4, 0.5) is 0 Å². The molecule has 0 fully saturated rings. The van der Waals surface area contributed by atoms with Crippen LogP contribution >= 0.6 is 8.69 Å². The lowest BCUT2D eigenvalue weighted by Crippen LogP contribution is -2.40. The number of hydrogen-bond acceptors (Lipinski definition) is 4. The average molecular weight is 205 g/mol. The molecule has 13 heavy (non-hydrogen) atoms. The van der Waals surface area contributed by atoms with Gasteiger partial charge in [-0.3, -0.25) is 5.43 Å². The van der Waals surface area contributed by atoms with E-state index in [4.69, 9.17) is 4.52 Å². The van der Waals surface area contributed by atoms with Crippen molar-refractivity contribution in [3.05, 3.63) is 12.7 Å². The van der Waals surface area contributed by atoms with Crippen molar-refractivity contribution in [1.29, 1.82) is 0 Å². The topological polar surface area (TPSA) is 50.4 Å². The molecule has 0 bridgehead atoms. The van der Waals surface area contributed by atoms with Crippen LogP contribution in [0.3, 0.4) is 0 Å². The van der Waals surface area contributed by atoms with Crippen molar-refractivity contribution in [3.8, 4) is 0 Å². The van der Waals surface area contributed by atoms with Gasteiger partial charge in [0.15, 0.2) is 6.23 Å². The Labute approximate surface area is 81.0 Å². The second-order valence-corrected chi connectivity index (χ2v) is 3.04. The molecule has 0 aromatic rings. The molecular weight excluding hydrogens is 187 g/mol. The van der Waals surface area contributed by atoms with Crippen LogP contribution in [-0.2, 0) is 9.09 Å². The molecule has 0 saturated carbocycles. The zero-order chi connectivity index (χ0) is 9.94. The molecule has 0 amide bonds. The lowest BCUT2D eigenvalue weighted by molar-refractivity contribution is 0.208. The Hall–Kier alpha value is -0.280. The first kappa shape index (κ1) is 12.7. The minimum atomic E-state index is -0.767. The first-order valence-corrected chi connectivity index (χ1v) is 5.30. The summed E-state index contributed by atoms with van der Waals surface area (Å²) in [7, 11) is -0.767. The summed E-state index contributed by atoms with van der Waals surface area (Å²) < 4.78 is 14.9. The van der Waals surface area contributed by atoms with Gasteiger partial charge < -0.3 is 0 Å². The Morgan fingerprint density at radius 3 is 2.92 bits per heavy atom. The number of nitrogens with one attached hydrogen (secondary N) is 2. The summed E-state index contributed by atoms with van der Waals surface area (Å²) in [6.45, 7) is 6.57. The van der Waals surface area contributed by atoms with E-state index in [9.17, 15) is 4.57 Å². The van der Waals surface area contributed by atoms with Gasteiger partial charge >= 0.3 is 8.69 Å². The van der Waals surface area contributed by atoms with Crippen LogP contribution in [0.25, 0.3) is 0 Å². The summed E-state index contributed by atoms with van der Waals surface area (Å²) in [5.41, 5.74) is 5.82. The SMILES string of the molecule is C=CC(NNCCCCC)O[PH+]=O. The highest BCUT2D eigenvalue weighted by atomic mass is 31.1. The Morgan fingerprint density at radius 2 is 2.38 bits per heavy atom. The number of rotatable bonds is 9. The predicted molar refractivity (Wildman–Crippen MR) is 54.7 cm³/mol. The van der Waals surface area contributed by atoms with Crippen molar-refractivity contribution in [2.75, 3.05) is 6.54 Å². The van der Waals surface area contributed by atoms with E-state index in [1.807, 2.05) is 0 Å². The van der Waals surface area contributed by atoms with Crippen LogP contribution in [0.2, 0.25) is 0 Å². The van der Waals surface area contributed by atoms with Gasteiger partial charge in [-0.05, 0) is 17.1 Å². The van der Waals surface area contributed by atoms with Crippen LogP contribution in [0.1, 0.15) is 26.2 Å². The molecule has 2 unspecified atom stereocenters. The van der Waals surface area contributed by atoms with Crippen LogP contribution in [0.5, 0.6) is 0 Å². The molecule has 5 heteroatoms. The maximum Gasteiger partial charge on any atom is 0.496 e. The molecule has 0 aliphatic heterocycles. The Morgan fingerprint density at radius 1 is 1.62 bits per heavy atom. The summed E-state index contributed by atoms with van der Waals surface area (Å²) in [4.78, 5) is 0. The minimum Gasteiger partial charge on any atom is -0.255 e. The second-order valence-electron chi connectivity index (χ2n) is 2.64. The van der Waals surface area contributed by atoms with Gasteiger partial charge in [0.25, 0.3) is 0 Å². The number of unbranched alkanes of at least 4 members (excludes halogenated alkanes) is 2. The summed E-state index contributed by atoms with van der Waals surface area (Å²) in [5, 5.41) is 0. The predicted octanol–water partition coefficient (Wildman–Crippen LogP) is 1.74. The zero-order valence-corrected chi connectivity index (χ0v) is 9.01. The maximum atomic E-state index is 10.1. The molecule has 0 aromatic heterocycles. The molecule has 0 heterocycles. The number of hydrogen-bond donors (Lipinski definition) is 2. The Balaban J connectivity index is 3.27. The summed E-state index contributed by atoms with van der Waals surface area (Å²) in [5.74, 6) is 0. The first-order chi connectivity index (χ1) is 6.35. The van der Waals surface area contributed by atoms with Crippen molar-refractivity contribution >= 4 is 8.69 Å². The quantitative estimate of drug-likeness (QED) is 0.198. The van der Waals surface area contributed by atoms with E-state index in [0.717, 1.165) is 13.0 Å². The highest BCUT2D eigenvalue weighted by Gasteiger charge is 2.06. The molecule has 76 valence electrons. The molecule has 0 radical (unpaired) electrons. The van der Waals surface area contributed by atoms with Crippen LogP contribution in [0, 0.1) is 0 Å². The molecule has 0 aliphatic rings. The lowest BCUT2D eigenvalue weighted by atomic mass is 10.2. The van der Waals surface area contributed by atoms with Gasteiger partial charge in [0.1, 0.15) is 0 Å². The summed E-state index contributed by atoms with van der Waals surface area (Å²) >= 11 is 0. The van der Waals surface area contributed by atoms with Gasteiger partial charge in [0.05, 0.1) is 0 Å². The third kappa shape index (κ3) is 8.06. The van der Waals surface area contributed by atoms with E-state index in [1.54, 1.807) is 6.08 Å². The van der Waals surface area contributed by atoms with E-state index in [0.29, 0.717) is 0 Å². The maximum absolute atomic E-state index is 10.1. The Bertz CT molecular complexity index is 144. The van der Waals surface area contributed by atoms with Crippen LogP contribution in [0.15, 0.2) is 12.7 Å². The summed E-state index contributed by atoms with van der Waals surface area (Å²) in [6.07, 6.45) is 4.70. The van der Waals surface area contributed by atoms with E-state index < -0.39 is 8.69 Å². The van der Waals surface area contributed by atoms with Crippen molar-refractivity contribution in [2.24, 2.45) is 0 Å². The molecule has 0 aliphatic carbocycles. The van der Waals surface area contributed by atoms with Gasteiger partial charge in [-0.15, -0.1) is 4.52 Å². The molecule has 2 N–H and O–H groups in total. The van der Waals surface area contributed by atoms with Crippen LogP contribution in [-0.4, -0.2) is 12.8 Å². The van der Waals surface area contributed by atoms with E-state index in [2.05, 4.69) is 24.4 Å². The van der Waals surface area contributed by atoms with Gasteiger partial charge in [0.2, 0.25) is 0 Å². The normalized spacial score (nSPS) is 13.0. The number of hydrazine groups is 1. The minimum absolute atomic E-state index is 0.377. The molecule has 2 atom stereocenters. The standard InChI is InChI=1S/C8H18N2O2P/c1-3-5-6-7-9-10-8(4-2)12-13-11/h4,8-10,13H,2-3,5-7H2,1H3/q+1. The van der Waals surface area contributed by atoms with Crippen molar-refractivity contribution < 1.29 is 9.09 Å². The Kier molecular flexibility index (Phi) is 9.59. The van der Waals surface area contributed by atoms with Crippen molar-refractivity contribution in [3.63, 3.8) is 0 Å². The fourth-order valence-corrected chi connectivity index (χ4v) is 1.08. The smallest absolute Gasteiger partial charge is 0.255 e. The van der Waals surface area contributed by atoms with Gasteiger partial charge in [0, 0.05) is 6.54 Å². The van der Waals surface area contributed by atoms with E-state index in [-0.39, 0.29) is 6.23 Å². The molecule has 0 rings (SSSR count). The fourth-order valence-electron chi connectivity index (χ4n) is 0.824. The van der Waals surface area contributed by atoms with Crippen LogP contribution < -0.4 is 10.9 Å². The largest absolute Gasteiger partial charge is 0.496 e. The molecule has 0 saturated heterocycles. The van der Waals surface area contributed by atoms with E-state index in [1.165, 1.54) is 12.8 Å². The average Bonchev–Trinajstić information content (AvgIpc) is 2.16. The molecule has 0 aromatic carbocycles. The zero-order valence-electron chi connectivity index (χ0n) is 8.01. The third-order valence-corrected chi connectivity index (χ3v) is 1.89. The van der Waals surface area contributed by atoms with E-state index >= 15 is 0 Å². The molecular formula is C8H18N2O2P+. The highest BCUT2D eigenvalue weighted by Crippen LogP contribution is 1.99. The molecule has 0 spiro atoms. The lowest BCUT2D eigenvalue weighted by Gasteiger charge is -2.08. The van der Waals surface area contributed by atoms with Gasteiger partial charge in [-0.25, -0.2) is 5.43 Å². The van der Waals surface area contributed by atoms with Crippen molar-refractivity contribution in [2.45, 2.75) is 32.4 Å². The second kappa shape index (κ2) is 9.81. The van der Waals surface area contributed by atoms with Crippen molar-refractivity contribution in [1.82, 2.24) is 10.9 Å². The first-order valence-electron chi connectivity index (χ1n) is 4.48. The summed E-state index contributed by atoms with van der Waals surface area (Å²) in [6, 6.07) is 0. The third-order valence-electron chi connectivity index (χ3n) is 1.54. The van der Waals surface area contributed by atoms with Gasteiger partial charge in [-0.2, -0.15) is 0 Å².